The lowest BCUT2D eigenvalue weighted by Gasteiger charge is -2.45. The second kappa shape index (κ2) is 8.78. The van der Waals surface area contributed by atoms with Crippen LogP contribution in [0.1, 0.15) is 66.7 Å². The number of aliphatic hydroxyl groups is 1. The van der Waals surface area contributed by atoms with Gasteiger partial charge in [0.1, 0.15) is 17.0 Å². The van der Waals surface area contributed by atoms with Crippen LogP contribution in [0.5, 0.6) is 0 Å². The van der Waals surface area contributed by atoms with Crippen molar-refractivity contribution in [3.63, 3.8) is 0 Å². The van der Waals surface area contributed by atoms with Crippen molar-refractivity contribution in [3.05, 3.63) is 23.3 Å². The number of amides is 1. The minimum absolute atomic E-state index is 0.00526. The summed E-state index contributed by atoms with van der Waals surface area (Å²) >= 11 is 0. The summed E-state index contributed by atoms with van der Waals surface area (Å²) in [7, 11) is 0. The first-order chi connectivity index (χ1) is 14.1. The van der Waals surface area contributed by atoms with Crippen LogP contribution in [0, 0.1) is 35.0 Å². The molecular weight excluding hydrogens is 378 g/mol. The van der Waals surface area contributed by atoms with Crippen LogP contribution >= 0.6 is 0 Å². The molecular formula is C25H37NO4. The largest absolute Gasteiger partial charge is 0.396 e. The van der Waals surface area contributed by atoms with E-state index in [1.807, 2.05) is 6.92 Å². The molecule has 2 aliphatic carbocycles. The van der Waals surface area contributed by atoms with Gasteiger partial charge in [0.2, 0.25) is 5.91 Å². The molecule has 0 aromatic heterocycles. The monoisotopic (exact) mass is 415 g/mol. The fraction of sp³-hybridized carbons (Fsp3) is 0.720. The molecule has 6 atom stereocenters. The Bertz CT molecular complexity index is 780. The van der Waals surface area contributed by atoms with Gasteiger partial charge in [0.15, 0.2) is 0 Å². The standard InChI is InChI=1S/C25H37NO4/c1-14(2)8-21-23-17(5)16(4)11-19-10-15(3)9-18(13-27)12-20(28)6-7-22(29)25(19,23)24(30)26-21/h10-11,14,17-19,21,23,27H,6-9,12-13H2,1-5H3,(H,26,30)/b15-10+/t17-,18+,19+,21+,23+,25-/m1/s1. The lowest BCUT2D eigenvalue weighted by molar-refractivity contribution is -0.146. The molecule has 1 heterocycles. The average molecular weight is 416 g/mol. The number of carbonyl (C=O) groups excluding carboxylic acids is 3. The average Bonchev–Trinajstić information content (AvgIpc) is 2.94. The van der Waals surface area contributed by atoms with Gasteiger partial charge in [-0.15, -0.1) is 0 Å². The third-order valence-electron chi connectivity index (χ3n) is 7.54. The number of aliphatic hydroxyl groups excluding tert-OH is 1. The summed E-state index contributed by atoms with van der Waals surface area (Å²) in [6, 6.07) is -0.0395. The van der Waals surface area contributed by atoms with Crippen LogP contribution in [0.2, 0.25) is 0 Å². The molecule has 5 nitrogen and oxygen atoms in total. The first kappa shape index (κ1) is 22.9. The molecule has 30 heavy (non-hydrogen) atoms. The van der Waals surface area contributed by atoms with Crippen molar-refractivity contribution >= 4 is 17.5 Å². The van der Waals surface area contributed by atoms with Crippen LogP contribution in [0.25, 0.3) is 0 Å². The Morgan fingerprint density at radius 3 is 2.47 bits per heavy atom. The maximum absolute atomic E-state index is 13.8. The number of rotatable bonds is 3. The third-order valence-corrected chi connectivity index (χ3v) is 7.54. The predicted molar refractivity (Wildman–Crippen MR) is 117 cm³/mol. The van der Waals surface area contributed by atoms with E-state index in [-0.39, 0.29) is 73.1 Å². The number of carbonyl (C=O) groups is 3. The summed E-state index contributed by atoms with van der Waals surface area (Å²) in [6.07, 6.45) is 6.14. The number of hydrogen-bond acceptors (Lipinski definition) is 4. The van der Waals surface area contributed by atoms with Gasteiger partial charge >= 0.3 is 0 Å². The molecule has 1 saturated heterocycles. The first-order valence-corrected chi connectivity index (χ1v) is 11.4. The first-order valence-electron chi connectivity index (χ1n) is 11.4. The normalized spacial score (nSPS) is 39.4. The maximum atomic E-state index is 13.8. The topological polar surface area (TPSA) is 83.5 Å². The van der Waals surface area contributed by atoms with Crippen molar-refractivity contribution in [2.45, 2.75) is 72.8 Å². The summed E-state index contributed by atoms with van der Waals surface area (Å²) in [4.78, 5) is 39.8. The molecule has 5 heteroatoms. The van der Waals surface area contributed by atoms with Crippen LogP contribution < -0.4 is 5.32 Å². The van der Waals surface area contributed by atoms with E-state index in [0.717, 1.165) is 12.0 Å². The zero-order valence-corrected chi connectivity index (χ0v) is 19.0. The van der Waals surface area contributed by atoms with Gasteiger partial charge in [-0.25, -0.2) is 0 Å². The zero-order chi connectivity index (χ0) is 22.2. The Hall–Kier alpha value is -1.75. The van der Waals surface area contributed by atoms with E-state index >= 15 is 0 Å². The van der Waals surface area contributed by atoms with Gasteiger partial charge in [0.05, 0.1) is 0 Å². The smallest absolute Gasteiger partial charge is 0.235 e. The van der Waals surface area contributed by atoms with Crippen LogP contribution in [-0.2, 0) is 14.4 Å². The number of allylic oxidation sites excluding steroid dienone is 4. The van der Waals surface area contributed by atoms with Gasteiger partial charge in [-0.3, -0.25) is 14.4 Å². The Kier molecular flexibility index (Phi) is 6.71. The van der Waals surface area contributed by atoms with Gasteiger partial charge in [-0.2, -0.15) is 0 Å². The molecule has 1 spiro atoms. The number of hydrogen-bond donors (Lipinski definition) is 2. The minimum atomic E-state index is -1.14. The van der Waals surface area contributed by atoms with E-state index in [2.05, 4.69) is 45.2 Å². The summed E-state index contributed by atoms with van der Waals surface area (Å²) in [5.74, 6) is -0.298. The Labute approximate surface area is 180 Å². The molecule has 166 valence electrons. The fourth-order valence-corrected chi connectivity index (χ4v) is 6.12. The van der Waals surface area contributed by atoms with Crippen LogP contribution in [0.4, 0.5) is 0 Å². The SMILES string of the molecule is CC1=C[C@@H]2/C=C(\C)C[C@H](CO)CC(=O)CCC(=O)[C@]23C(=O)N[C@@H](CC(C)C)[C@@H]3[C@@H]1C. The van der Waals surface area contributed by atoms with Gasteiger partial charge in [-0.1, -0.05) is 44.1 Å². The molecule has 0 radical (unpaired) electrons. The van der Waals surface area contributed by atoms with Gasteiger partial charge in [0.25, 0.3) is 0 Å². The summed E-state index contributed by atoms with van der Waals surface area (Å²) in [6.45, 7) is 10.4. The van der Waals surface area contributed by atoms with Crippen molar-refractivity contribution < 1.29 is 19.5 Å². The number of nitrogens with one attached hydrogen (secondary N) is 1. The fourth-order valence-electron chi connectivity index (χ4n) is 6.12. The lowest BCUT2D eigenvalue weighted by Crippen LogP contribution is -2.52. The minimum Gasteiger partial charge on any atom is -0.396 e. The van der Waals surface area contributed by atoms with Crippen LogP contribution in [0.3, 0.4) is 0 Å². The molecule has 3 rings (SSSR count). The van der Waals surface area contributed by atoms with Crippen LogP contribution in [-0.4, -0.2) is 35.2 Å². The van der Waals surface area contributed by atoms with Gasteiger partial charge in [0, 0.05) is 43.7 Å². The second-order valence-electron chi connectivity index (χ2n) is 10.3. The zero-order valence-electron chi connectivity index (χ0n) is 19.0. The highest BCUT2D eigenvalue weighted by Gasteiger charge is 2.65. The molecule has 1 fully saturated rings. The summed E-state index contributed by atoms with van der Waals surface area (Å²) in [5, 5.41) is 12.9. The van der Waals surface area contributed by atoms with E-state index in [4.69, 9.17) is 0 Å². The molecule has 1 aliphatic heterocycles. The van der Waals surface area contributed by atoms with E-state index in [9.17, 15) is 19.5 Å². The summed E-state index contributed by atoms with van der Waals surface area (Å²) in [5.41, 5.74) is 1.10. The summed E-state index contributed by atoms with van der Waals surface area (Å²) < 4.78 is 0. The van der Waals surface area contributed by atoms with Gasteiger partial charge < -0.3 is 10.4 Å². The predicted octanol–water partition coefficient (Wildman–Crippen LogP) is 3.61. The van der Waals surface area contributed by atoms with Crippen molar-refractivity contribution in [2.75, 3.05) is 6.61 Å². The van der Waals surface area contributed by atoms with Gasteiger partial charge in [-0.05, 0) is 44.4 Å². The molecule has 0 saturated carbocycles. The lowest BCUT2D eigenvalue weighted by atomic mass is 9.54. The van der Waals surface area contributed by atoms with E-state index in [1.54, 1.807) is 0 Å². The molecule has 0 aromatic carbocycles. The second-order valence-corrected chi connectivity index (χ2v) is 10.3. The number of ketones is 2. The quantitative estimate of drug-likeness (QED) is 0.545. The molecule has 0 unspecified atom stereocenters. The Balaban J connectivity index is 2.16. The van der Waals surface area contributed by atoms with Crippen LogP contribution in [0.15, 0.2) is 23.3 Å². The van der Waals surface area contributed by atoms with E-state index in [1.165, 1.54) is 5.57 Å². The third kappa shape index (κ3) is 3.93. The van der Waals surface area contributed by atoms with Crippen molar-refractivity contribution in [1.82, 2.24) is 5.32 Å². The van der Waals surface area contributed by atoms with E-state index < -0.39 is 5.41 Å². The molecule has 3 aliphatic rings. The molecule has 1 amide bonds. The molecule has 2 N–H and O–H groups in total. The molecule has 0 aromatic rings. The Morgan fingerprint density at radius 1 is 1.13 bits per heavy atom. The number of Topliss-reactive ketones (excluding diaryl/α,β-unsaturated/α-hetero) is 2. The van der Waals surface area contributed by atoms with Crippen molar-refractivity contribution in [2.24, 2.45) is 35.0 Å². The Morgan fingerprint density at radius 2 is 1.83 bits per heavy atom. The highest BCUT2D eigenvalue weighted by molar-refractivity contribution is 6.10. The van der Waals surface area contributed by atoms with E-state index in [0.29, 0.717) is 12.3 Å². The maximum Gasteiger partial charge on any atom is 0.235 e. The highest BCUT2D eigenvalue weighted by atomic mass is 16.3. The molecule has 0 bridgehead atoms. The highest BCUT2D eigenvalue weighted by Crippen LogP contribution is 2.55. The van der Waals surface area contributed by atoms with Crippen molar-refractivity contribution in [1.29, 1.82) is 0 Å². The van der Waals surface area contributed by atoms with Crippen molar-refractivity contribution in [3.8, 4) is 0 Å².